The molecule has 0 bridgehead atoms. The molecule has 0 atom stereocenters. The van der Waals surface area contributed by atoms with E-state index in [1.165, 1.54) is 0 Å². The Labute approximate surface area is 162 Å². The van der Waals surface area contributed by atoms with Crippen molar-refractivity contribution in [3.8, 4) is 34.8 Å². The van der Waals surface area contributed by atoms with Crippen molar-refractivity contribution in [2.75, 3.05) is 0 Å². The van der Waals surface area contributed by atoms with Gasteiger partial charge in [-0.15, -0.1) is 0 Å². The molecular weight excluding hydrogens is 348 g/mol. The Morgan fingerprint density at radius 3 is 2.50 bits per heavy atom. The van der Waals surface area contributed by atoms with Crippen molar-refractivity contribution in [1.29, 1.82) is 10.5 Å². The highest BCUT2D eigenvalue weighted by molar-refractivity contribution is 5.70. The van der Waals surface area contributed by atoms with Gasteiger partial charge in [0, 0.05) is 11.8 Å². The highest BCUT2D eigenvalue weighted by Gasteiger charge is 2.22. The Balaban J connectivity index is 1.82. The van der Waals surface area contributed by atoms with Crippen LogP contribution in [0, 0.1) is 22.7 Å². The van der Waals surface area contributed by atoms with Gasteiger partial charge in [-0.3, -0.25) is 4.40 Å². The first kappa shape index (κ1) is 17.4. The molecule has 28 heavy (non-hydrogen) atoms. The summed E-state index contributed by atoms with van der Waals surface area (Å²) < 4.78 is 1.85. The van der Waals surface area contributed by atoms with Gasteiger partial charge in [-0.1, -0.05) is 24.3 Å². The highest BCUT2D eigenvalue weighted by atomic mass is 15.1. The maximum atomic E-state index is 9.36. The van der Waals surface area contributed by atoms with Crippen molar-refractivity contribution in [2.24, 2.45) is 0 Å². The van der Waals surface area contributed by atoms with Crippen molar-refractivity contribution in [3.05, 3.63) is 72.2 Å². The van der Waals surface area contributed by atoms with Crippen LogP contribution in [-0.2, 0) is 5.41 Å². The van der Waals surface area contributed by atoms with Crippen LogP contribution in [0.2, 0.25) is 0 Å². The van der Waals surface area contributed by atoms with E-state index < -0.39 is 5.41 Å². The van der Waals surface area contributed by atoms with Crippen LogP contribution in [0.5, 0.6) is 0 Å². The first-order valence-corrected chi connectivity index (χ1v) is 8.76. The number of nitrogens with zero attached hydrogens (tertiary/aromatic N) is 6. The van der Waals surface area contributed by atoms with Gasteiger partial charge in [0.1, 0.15) is 0 Å². The van der Waals surface area contributed by atoms with E-state index in [0.29, 0.717) is 17.0 Å². The van der Waals surface area contributed by atoms with Crippen molar-refractivity contribution >= 4 is 5.78 Å². The number of nitriles is 2. The standard InChI is InChI=1S/C22H16N6/c1-22(2,14-24)20-10-11-28-19(13-25-21(28)27-20)18-9-5-8-17(26-18)16-7-4-3-6-15(16)12-23/h3-11,13H,1-2H3. The van der Waals surface area contributed by atoms with Gasteiger partial charge in [0.25, 0.3) is 0 Å². The molecule has 0 spiro atoms. The summed E-state index contributed by atoms with van der Waals surface area (Å²) in [6, 6.07) is 19.4. The fourth-order valence-electron chi connectivity index (χ4n) is 3.00. The second-order valence-electron chi connectivity index (χ2n) is 6.93. The van der Waals surface area contributed by atoms with Crippen LogP contribution >= 0.6 is 0 Å². The molecule has 6 nitrogen and oxygen atoms in total. The van der Waals surface area contributed by atoms with E-state index in [9.17, 15) is 10.5 Å². The number of benzene rings is 1. The summed E-state index contributed by atoms with van der Waals surface area (Å²) in [5.74, 6) is 0.514. The normalized spacial score (nSPS) is 11.1. The average Bonchev–Trinajstić information content (AvgIpc) is 3.17. The molecule has 0 unspecified atom stereocenters. The number of aromatic nitrogens is 4. The summed E-state index contributed by atoms with van der Waals surface area (Å²) in [5, 5.41) is 18.7. The van der Waals surface area contributed by atoms with Crippen LogP contribution in [-0.4, -0.2) is 19.4 Å². The third kappa shape index (κ3) is 2.87. The van der Waals surface area contributed by atoms with E-state index in [4.69, 9.17) is 4.98 Å². The molecule has 1 aromatic carbocycles. The molecular formula is C22H16N6. The zero-order valence-electron chi connectivity index (χ0n) is 15.5. The molecule has 0 aliphatic rings. The molecule has 4 aromatic rings. The average molecular weight is 364 g/mol. The Hall–Kier alpha value is -4.03. The van der Waals surface area contributed by atoms with Crippen LogP contribution in [0.3, 0.4) is 0 Å². The van der Waals surface area contributed by atoms with Crippen LogP contribution in [0.15, 0.2) is 60.9 Å². The van der Waals surface area contributed by atoms with Crippen molar-refractivity contribution in [1.82, 2.24) is 19.4 Å². The summed E-state index contributed by atoms with van der Waals surface area (Å²) in [4.78, 5) is 13.7. The molecule has 134 valence electrons. The van der Waals surface area contributed by atoms with Crippen LogP contribution in [0.4, 0.5) is 0 Å². The van der Waals surface area contributed by atoms with E-state index in [2.05, 4.69) is 22.1 Å². The lowest BCUT2D eigenvalue weighted by Gasteiger charge is -2.14. The summed E-state index contributed by atoms with van der Waals surface area (Å²) in [6.45, 7) is 3.65. The van der Waals surface area contributed by atoms with Gasteiger partial charge in [-0.05, 0) is 38.1 Å². The molecule has 3 heterocycles. The zero-order chi connectivity index (χ0) is 19.7. The third-order valence-corrected chi connectivity index (χ3v) is 4.63. The Morgan fingerprint density at radius 2 is 1.71 bits per heavy atom. The SMILES string of the molecule is CC(C)(C#N)c1ccn2c(-c3cccc(-c4ccccc4C#N)n3)cnc2n1. The van der Waals surface area contributed by atoms with Crippen molar-refractivity contribution in [3.63, 3.8) is 0 Å². The van der Waals surface area contributed by atoms with Gasteiger partial charge >= 0.3 is 0 Å². The quantitative estimate of drug-likeness (QED) is 0.545. The van der Waals surface area contributed by atoms with E-state index in [-0.39, 0.29) is 0 Å². The Bertz CT molecular complexity index is 1270. The minimum Gasteiger partial charge on any atom is -0.282 e. The summed E-state index contributed by atoms with van der Waals surface area (Å²) in [7, 11) is 0. The van der Waals surface area contributed by atoms with E-state index in [1.54, 1.807) is 12.3 Å². The first-order chi connectivity index (χ1) is 13.5. The second-order valence-corrected chi connectivity index (χ2v) is 6.93. The minimum absolute atomic E-state index is 0.514. The summed E-state index contributed by atoms with van der Waals surface area (Å²) in [6.07, 6.45) is 3.57. The number of hydrogen-bond acceptors (Lipinski definition) is 5. The lowest BCUT2D eigenvalue weighted by Crippen LogP contribution is -2.16. The largest absolute Gasteiger partial charge is 0.282 e. The Morgan fingerprint density at radius 1 is 0.929 bits per heavy atom. The Kier molecular flexibility index (Phi) is 4.10. The van der Waals surface area contributed by atoms with Gasteiger partial charge in [-0.2, -0.15) is 10.5 Å². The van der Waals surface area contributed by atoms with E-state index >= 15 is 0 Å². The van der Waals surface area contributed by atoms with Crippen molar-refractivity contribution in [2.45, 2.75) is 19.3 Å². The molecule has 0 saturated heterocycles. The number of fused-ring (bicyclic) bond motifs is 1. The van der Waals surface area contributed by atoms with Gasteiger partial charge in [0.2, 0.25) is 5.78 Å². The third-order valence-electron chi connectivity index (χ3n) is 4.63. The fraction of sp³-hybridized carbons (Fsp3) is 0.136. The number of pyridine rings is 1. The molecule has 0 aliphatic heterocycles. The van der Waals surface area contributed by atoms with Gasteiger partial charge in [-0.25, -0.2) is 15.0 Å². The maximum absolute atomic E-state index is 9.36. The lowest BCUT2D eigenvalue weighted by molar-refractivity contribution is 0.658. The molecule has 0 saturated carbocycles. The molecule has 3 aromatic heterocycles. The minimum atomic E-state index is -0.687. The molecule has 0 fully saturated rings. The number of hydrogen-bond donors (Lipinski definition) is 0. The van der Waals surface area contributed by atoms with Crippen LogP contribution in [0.1, 0.15) is 25.1 Å². The number of rotatable bonds is 3. The molecule has 0 N–H and O–H groups in total. The van der Waals surface area contributed by atoms with Gasteiger partial charge in [0.05, 0.1) is 52.1 Å². The van der Waals surface area contributed by atoms with E-state index in [1.807, 2.05) is 66.9 Å². The highest BCUT2D eigenvalue weighted by Crippen LogP contribution is 2.26. The number of imidazole rings is 1. The maximum Gasteiger partial charge on any atom is 0.234 e. The van der Waals surface area contributed by atoms with Gasteiger partial charge < -0.3 is 0 Å². The smallest absolute Gasteiger partial charge is 0.234 e. The predicted molar refractivity (Wildman–Crippen MR) is 105 cm³/mol. The fourth-order valence-corrected chi connectivity index (χ4v) is 3.00. The van der Waals surface area contributed by atoms with Crippen molar-refractivity contribution < 1.29 is 0 Å². The van der Waals surface area contributed by atoms with Gasteiger partial charge in [0.15, 0.2) is 0 Å². The molecule has 6 heteroatoms. The molecule has 0 amide bonds. The molecule has 0 radical (unpaired) electrons. The topological polar surface area (TPSA) is 90.7 Å². The lowest BCUT2D eigenvalue weighted by atomic mass is 9.91. The van der Waals surface area contributed by atoms with Crippen LogP contribution < -0.4 is 0 Å². The monoisotopic (exact) mass is 364 g/mol. The summed E-state index contributed by atoms with van der Waals surface area (Å²) in [5.41, 5.74) is 3.59. The zero-order valence-corrected chi connectivity index (χ0v) is 15.5. The predicted octanol–water partition coefficient (Wildman–Crippen LogP) is 4.13. The molecule has 0 aliphatic carbocycles. The van der Waals surface area contributed by atoms with Crippen LogP contribution in [0.25, 0.3) is 28.4 Å². The summed E-state index contributed by atoms with van der Waals surface area (Å²) >= 11 is 0. The second kappa shape index (κ2) is 6.61. The molecule has 4 rings (SSSR count). The first-order valence-electron chi connectivity index (χ1n) is 8.76. The van der Waals surface area contributed by atoms with E-state index in [0.717, 1.165) is 22.6 Å².